The lowest BCUT2D eigenvalue weighted by Gasteiger charge is -2.08. The van der Waals surface area contributed by atoms with E-state index in [1.807, 2.05) is 13.8 Å². The maximum Gasteiger partial charge on any atom is 0.292 e. The van der Waals surface area contributed by atoms with Crippen LogP contribution in [0.5, 0.6) is 0 Å². The first-order valence-corrected chi connectivity index (χ1v) is 4.24. The number of hydrogen-bond donors (Lipinski definition) is 1. The molecule has 1 amide bonds. The van der Waals surface area contributed by atoms with Gasteiger partial charge in [0, 0.05) is 13.0 Å². The SMILES string of the molecule is CCC(C)NC(=O)c1noc(C)n1. The van der Waals surface area contributed by atoms with Crippen LogP contribution in [0.15, 0.2) is 4.52 Å². The first-order chi connectivity index (χ1) is 6.13. The average Bonchev–Trinajstić information content (AvgIpc) is 2.51. The highest BCUT2D eigenvalue weighted by Crippen LogP contribution is 1.96. The fraction of sp³-hybridized carbons (Fsp3) is 0.625. The van der Waals surface area contributed by atoms with Crippen LogP contribution >= 0.6 is 0 Å². The highest BCUT2D eigenvalue weighted by atomic mass is 16.5. The zero-order valence-corrected chi connectivity index (χ0v) is 8.00. The zero-order valence-electron chi connectivity index (χ0n) is 8.00. The molecule has 13 heavy (non-hydrogen) atoms. The van der Waals surface area contributed by atoms with Crippen LogP contribution in [0, 0.1) is 6.92 Å². The normalized spacial score (nSPS) is 12.5. The molecule has 0 aliphatic carbocycles. The van der Waals surface area contributed by atoms with Crippen LogP contribution in [-0.2, 0) is 0 Å². The molecule has 0 aliphatic heterocycles. The van der Waals surface area contributed by atoms with Gasteiger partial charge in [0.25, 0.3) is 11.7 Å². The molecule has 0 spiro atoms. The van der Waals surface area contributed by atoms with Gasteiger partial charge in [0.05, 0.1) is 0 Å². The predicted octanol–water partition coefficient (Wildman–Crippen LogP) is 0.906. The first kappa shape index (κ1) is 9.70. The highest BCUT2D eigenvalue weighted by Gasteiger charge is 2.13. The van der Waals surface area contributed by atoms with E-state index in [1.54, 1.807) is 6.92 Å². The number of hydrogen-bond acceptors (Lipinski definition) is 4. The maximum atomic E-state index is 11.3. The largest absolute Gasteiger partial charge is 0.347 e. The Morgan fingerprint density at radius 3 is 2.85 bits per heavy atom. The van der Waals surface area contributed by atoms with Crippen LogP contribution in [0.25, 0.3) is 0 Å². The van der Waals surface area contributed by atoms with Gasteiger partial charge in [-0.3, -0.25) is 4.79 Å². The highest BCUT2D eigenvalue weighted by molar-refractivity contribution is 5.90. The Bertz CT molecular complexity index is 295. The van der Waals surface area contributed by atoms with E-state index in [0.29, 0.717) is 5.89 Å². The third kappa shape index (κ3) is 2.54. The van der Waals surface area contributed by atoms with E-state index >= 15 is 0 Å². The lowest BCUT2D eigenvalue weighted by atomic mass is 10.2. The number of nitrogens with one attached hydrogen (secondary N) is 1. The minimum absolute atomic E-state index is 0.0952. The van der Waals surface area contributed by atoms with Gasteiger partial charge >= 0.3 is 0 Å². The molecule has 1 aromatic heterocycles. The van der Waals surface area contributed by atoms with E-state index in [0.717, 1.165) is 6.42 Å². The molecule has 5 nitrogen and oxygen atoms in total. The summed E-state index contributed by atoms with van der Waals surface area (Å²) >= 11 is 0. The predicted molar refractivity (Wildman–Crippen MR) is 46.3 cm³/mol. The summed E-state index contributed by atoms with van der Waals surface area (Å²) in [5, 5.41) is 6.24. The number of carbonyl (C=O) groups excluding carboxylic acids is 1. The molecule has 1 aromatic rings. The van der Waals surface area contributed by atoms with Crippen LogP contribution in [0.4, 0.5) is 0 Å². The summed E-state index contributed by atoms with van der Waals surface area (Å²) in [7, 11) is 0. The molecule has 1 rings (SSSR count). The smallest absolute Gasteiger partial charge is 0.292 e. The monoisotopic (exact) mass is 183 g/mol. The van der Waals surface area contributed by atoms with Crippen LogP contribution in [0.3, 0.4) is 0 Å². The molecule has 72 valence electrons. The van der Waals surface area contributed by atoms with E-state index in [9.17, 15) is 4.79 Å². The number of nitrogens with zero attached hydrogens (tertiary/aromatic N) is 2. The third-order valence-corrected chi connectivity index (χ3v) is 1.72. The Balaban J connectivity index is 2.58. The van der Waals surface area contributed by atoms with Gasteiger partial charge < -0.3 is 9.84 Å². The van der Waals surface area contributed by atoms with E-state index < -0.39 is 0 Å². The lowest BCUT2D eigenvalue weighted by Crippen LogP contribution is -2.32. The number of rotatable bonds is 3. The summed E-state index contributed by atoms with van der Waals surface area (Å²) in [5.74, 6) is 0.207. The van der Waals surface area contributed by atoms with Crippen molar-refractivity contribution in [2.45, 2.75) is 33.2 Å². The van der Waals surface area contributed by atoms with Crippen molar-refractivity contribution in [1.29, 1.82) is 0 Å². The molecule has 0 bridgehead atoms. The number of amides is 1. The second-order valence-electron chi connectivity index (χ2n) is 2.92. The Hall–Kier alpha value is -1.39. The average molecular weight is 183 g/mol. The summed E-state index contributed by atoms with van der Waals surface area (Å²) in [6.45, 7) is 5.56. The molecule has 1 heterocycles. The van der Waals surface area contributed by atoms with E-state index in [2.05, 4.69) is 20.0 Å². The van der Waals surface area contributed by atoms with E-state index in [4.69, 9.17) is 0 Å². The number of aryl methyl sites for hydroxylation is 1. The third-order valence-electron chi connectivity index (χ3n) is 1.72. The van der Waals surface area contributed by atoms with Gasteiger partial charge in [0.15, 0.2) is 0 Å². The number of carbonyl (C=O) groups is 1. The van der Waals surface area contributed by atoms with Crippen LogP contribution in [0.2, 0.25) is 0 Å². The van der Waals surface area contributed by atoms with Gasteiger partial charge in [-0.05, 0) is 13.3 Å². The van der Waals surface area contributed by atoms with Crippen molar-refractivity contribution in [1.82, 2.24) is 15.5 Å². The second-order valence-corrected chi connectivity index (χ2v) is 2.92. The van der Waals surface area contributed by atoms with Crippen molar-refractivity contribution >= 4 is 5.91 Å². The van der Waals surface area contributed by atoms with Crippen molar-refractivity contribution in [3.63, 3.8) is 0 Å². The summed E-state index contributed by atoms with van der Waals surface area (Å²) in [5.41, 5.74) is 0. The van der Waals surface area contributed by atoms with Crippen LogP contribution in [0.1, 0.15) is 36.8 Å². The number of aromatic nitrogens is 2. The molecular weight excluding hydrogens is 170 g/mol. The van der Waals surface area contributed by atoms with E-state index in [-0.39, 0.29) is 17.8 Å². The summed E-state index contributed by atoms with van der Waals surface area (Å²) in [6, 6.07) is 0.131. The fourth-order valence-corrected chi connectivity index (χ4v) is 0.782. The van der Waals surface area contributed by atoms with Crippen molar-refractivity contribution in [2.24, 2.45) is 0 Å². The first-order valence-electron chi connectivity index (χ1n) is 4.24. The Labute approximate surface area is 76.5 Å². The molecule has 5 heteroatoms. The maximum absolute atomic E-state index is 11.3. The summed E-state index contributed by atoms with van der Waals surface area (Å²) in [4.78, 5) is 15.1. The molecule has 0 radical (unpaired) electrons. The van der Waals surface area contributed by atoms with Crippen molar-refractivity contribution < 1.29 is 9.32 Å². The molecule has 0 saturated heterocycles. The van der Waals surface area contributed by atoms with Crippen molar-refractivity contribution in [3.05, 3.63) is 11.7 Å². The van der Waals surface area contributed by atoms with Gasteiger partial charge in [-0.2, -0.15) is 4.98 Å². The van der Waals surface area contributed by atoms with Gasteiger partial charge in [0.1, 0.15) is 0 Å². The molecular formula is C8H13N3O2. The lowest BCUT2D eigenvalue weighted by molar-refractivity contribution is 0.0926. The molecule has 1 unspecified atom stereocenters. The Kier molecular flexibility index (Phi) is 3.00. The summed E-state index contributed by atoms with van der Waals surface area (Å²) in [6.07, 6.45) is 0.878. The Morgan fingerprint density at radius 1 is 1.69 bits per heavy atom. The minimum atomic E-state index is -0.286. The molecule has 1 atom stereocenters. The standard InChI is InChI=1S/C8H13N3O2/c1-4-5(2)9-8(12)7-10-6(3)13-11-7/h5H,4H2,1-3H3,(H,9,12). The molecule has 0 fully saturated rings. The van der Waals surface area contributed by atoms with Gasteiger partial charge in [0.2, 0.25) is 5.89 Å². The quantitative estimate of drug-likeness (QED) is 0.756. The Morgan fingerprint density at radius 2 is 2.38 bits per heavy atom. The second kappa shape index (κ2) is 4.02. The minimum Gasteiger partial charge on any atom is -0.347 e. The van der Waals surface area contributed by atoms with Gasteiger partial charge in [-0.1, -0.05) is 12.1 Å². The molecule has 0 aromatic carbocycles. The van der Waals surface area contributed by atoms with Gasteiger partial charge in [-0.15, -0.1) is 0 Å². The topological polar surface area (TPSA) is 68.0 Å². The summed E-state index contributed by atoms with van der Waals surface area (Å²) < 4.78 is 4.68. The fourth-order valence-electron chi connectivity index (χ4n) is 0.782. The van der Waals surface area contributed by atoms with E-state index in [1.165, 1.54) is 0 Å². The van der Waals surface area contributed by atoms with Crippen LogP contribution in [-0.4, -0.2) is 22.1 Å². The zero-order chi connectivity index (χ0) is 9.84. The van der Waals surface area contributed by atoms with Crippen molar-refractivity contribution in [2.75, 3.05) is 0 Å². The molecule has 0 aliphatic rings. The molecule has 1 N–H and O–H groups in total. The molecule has 0 saturated carbocycles. The van der Waals surface area contributed by atoms with Gasteiger partial charge in [-0.25, -0.2) is 0 Å². The van der Waals surface area contributed by atoms with Crippen molar-refractivity contribution in [3.8, 4) is 0 Å². The van der Waals surface area contributed by atoms with Crippen LogP contribution < -0.4 is 5.32 Å².